The van der Waals surface area contributed by atoms with Crippen LogP contribution in [-0.2, 0) is 4.79 Å². The predicted octanol–water partition coefficient (Wildman–Crippen LogP) is 1.01. The summed E-state index contributed by atoms with van der Waals surface area (Å²) in [6, 6.07) is 7.74. The van der Waals surface area contributed by atoms with Crippen LogP contribution in [0.3, 0.4) is 0 Å². The van der Waals surface area contributed by atoms with Crippen LogP contribution < -0.4 is 15.6 Å². The molecule has 1 aromatic rings. The summed E-state index contributed by atoms with van der Waals surface area (Å²) < 4.78 is 5.39. The molecule has 82 valence electrons. The van der Waals surface area contributed by atoms with Gasteiger partial charge < -0.3 is 4.74 Å². The van der Waals surface area contributed by atoms with E-state index in [1.54, 1.807) is 7.05 Å². The molecule has 15 heavy (non-hydrogen) atoms. The zero-order valence-electron chi connectivity index (χ0n) is 9.04. The molecule has 0 atom stereocenters. The van der Waals surface area contributed by atoms with Crippen molar-refractivity contribution in [3.8, 4) is 5.75 Å². The second kappa shape index (κ2) is 6.03. The van der Waals surface area contributed by atoms with Crippen molar-refractivity contribution in [3.63, 3.8) is 0 Å². The highest BCUT2D eigenvalue weighted by Gasteiger charge is 1.99. The van der Waals surface area contributed by atoms with E-state index in [9.17, 15) is 4.79 Å². The van der Waals surface area contributed by atoms with E-state index in [1.807, 2.05) is 31.2 Å². The first-order valence-electron chi connectivity index (χ1n) is 4.87. The van der Waals surface area contributed by atoms with E-state index in [-0.39, 0.29) is 5.91 Å². The van der Waals surface area contributed by atoms with Crippen molar-refractivity contribution < 1.29 is 9.53 Å². The van der Waals surface area contributed by atoms with E-state index in [0.717, 1.165) is 5.75 Å². The van der Waals surface area contributed by atoms with Crippen LogP contribution in [0.4, 0.5) is 0 Å². The fourth-order valence-electron chi connectivity index (χ4n) is 1.10. The lowest BCUT2D eigenvalue weighted by atomic mass is 10.2. The Morgan fingerprint density at radius 3 is 2.60 bits per heavy atom. The normalized spacial score (nSPS) is 9.73. The number of carbonyl (C=O) groups excluding carboxylic acids is 1. The van der Waals surface area contributed by atoms with Crippen LogP contribution in [0.5, 0.6) is 5.75 Å². The molecule has 1 aromatic carbocycles. The van der Waals surface area contributed by atoms with Gasteiger partial charge in [0.15, 0.2) is 0 Å². The van der Waals surface area contributed by atoms with Gasteiger partial charge in [0.2, 0.25) is 5.91 Å². The second-order valence-corrected chi connectivity index (χ2v) is 3.21. The van der Waals surface area contributed by atoms with Gasteiger partial charge in [0, 0.05) is 7.05 Å². The number of ether oxygens (including phenoxy) is 1. The van der Waals surface area contributed by atoms with Crippen molar-refractivity contribution in [2.45, 2.75) is 13.3 Å². The number of aryl methyl sites for hydroxylation is 1. The molecule has 0 saturated heterocycles. The quantitative estimate of drug-likeness (QED) is 0.710. The molecule has 0 bridgehead atoms. The van der Waals surface area contributed by atoms with E-state index < -0.39 is 0 Å². The lowest BCUT2D eigenvalue weighted by Gasteiger charge is -2.06. The van der Waals surface area contributed by atoms with Gasteiger partial charge in [0.25, 0.3) is 0 Å². The summed E-state index contributed by atoms with van der Waals surface area (Å²) in [6.07, 6.45) is 0.342. The average Bonchev–Trinajstić information content (AvgIpc) is 2.21. The number of benzene rings is 1. The summed E-state index contributed by atoms with van der Waals surface area (Å²) in [5.41, 5.74) is 6.23. The lowest BCUT2D eigenvalue weighted by molar-refractivity contribution is -0.122. The van der Waals surface area contributed by atoms with Crippen LogP contribution in [0.15, 0.2) is 24.3 Å². The minimum Gasteiger partial charge on any atom is -0.493 e. The number of hydrogen-bond donors (Lipinski definition) is 2. The van der Waals surface area contributed by atoms with Gasteiger partial charge in [0.05, 0.1) is 13.0 Å². The molecule has 0 aliphatic rings. The van der Waals surface area contributed by atoms with Gasteiger partial charge >= 0.3 is 0 Å². The van der Waals surface area contributed by atoms with Gasteiger partial charge in [-0.15, -0.1) is 0 Å². The SMILES string of the molecule is CNNC(=O)CCOc1ccc(C)cc1. The minimum absolute atomic E-state index is 0.0791. The molecule has 0 saturated carbocycles. The van der Waals surface area contributed by atoms with Gasteiger partial charge in [0.1, 0.15) is 5.75 Å². The van der Waals surface area contributed by atoms with E-state index in [0.29, 0.717) is 13.0 Å². The zero-order valence-corrected chi connectivity index (χ0v) is 9.04. The highest BCUT2D eigenvalue weighted by molar-refractivity contribution is 5.75. The Morgan fingerprint density at radius 1 is 1.33 bits per heavy atom. The number of amides is 1. The van der Waals surface area contributed by atoms with Crippen LogP contribution in [0, 0.1) is 6.92 Å². The number of hydrazine groups is 1. The van der Waals surface area contributed by atoms with Crippen LogP contribution in [-0.4, -0.2) is 19.6 Å². The van der Waals surface area contributed by atoms with Gasteiger partial charge in [-0.05, 0) is 19.1 Å². The molecule has 0 radical (unpaired) electrons. The molecule has 0 aliphatic carbocycles. The van der Waals surface area contributed by atoms with Crippen molar-refractivity contribution in [2.75, 3.05) is 13.7 Å². The molecule has 0 aliphatic heterocycles. The van der Waals surface area contributed by atoms with Crippen molar-refractivity contribution in [2.24, 2.45) is 0 Å². The fourth-order valence-corrected chi connectivity index (χ4v) is 1.10. The van der Waals surface area contributed by atoms with E-state index in [4.69, 9.17) is 4.74 Å². The molecule has 4 heteroatoms. The third-order valence-electron chi connectivity index (χ3n) is 1.88. The fraction of sp³-hybridized carbons (Fsp3) is 0.364. The van der Waals surface area contributed by atoms with E-state index in [1.165, 1.54) is 5.56 Å². The van der Waals surface area contributed by atoms with E-state index >= 15 is 0 Å². The third-order valence-corrected chi connectivity index (χ3v) is 1.88. The average molecular weight is 208 g/mol. The van der Waals surface area contributed by atoms with Crippen LogP contribution in [0.1, 0.15) is 12.0 Å². The smallest absolute Gasteiger partial charge is 0.237 e. The number of nitrogens with one attached hydrogen (secondary N) is 2. The van der Waals surface area contributed by atoms with Gasteiger partial charge in [-0.1, -0.05) is 17.7 Å². The minimum atomic E-state index is -0.0791. The van der Waals surface area contributed by atoms with Crippen LogP contribution in [0.2, 0.25) is 0 Å². The first kappa shape index (κ1) is 11.5. The molecule has 1 rings (SSSR count). The highest BCUT2D eigenvalue weighted by Crippen LogP contribution is 2.11. The Morgan fingerprint density at radius 2 is 2.00 bits per heavy atom. The topological polar surface area (TPSA) is 50.4 Å². The van der Waals surface area contributed by atoms with Crippen molar-refractivity contribution in [1.29, 1.82) is 0 Å². The number of carbonyl (C=O) groups is 1. The molecular formula is C11H16N2O2. The Hall–Kier alpha value is -1.55. The standard InChI is InChI=1S/C11H16N2O2/c1-9-3-5-10(6-4-9)15-8-7-11(14)13-12-2/h3-6,12H,7-8H2,1-2H3,(H,13,14). The Balaban J connectivity index is 2.26. The Kier molecular flexibility index (Phi) is 4.63. The number of rotatable bonds is 5. The van der Waals surface area contributed by atoms with Gasteiger partial charge in [-0.2, -0.15) is 0 Å². The summed E-state index contributed by atoms with van der Waals surface area (Å²) >= 11 is 0. The highest BCUT2D eigenvalue weighted by atomic mass is 16.5. The number of hydrogen-bond acceptors (Lipinski definition) is 3. The maximum absolute atomic E-state index is 11.0. The summed E-state index contributed by atoms with van der Waals surface area (Å²) in [7, 11) is 1.65. The van der Waals surface area contributed by atoms with Crippen molar-refractivity contribution in [3.05, 3.63) is 29.8 Å². The Bertz CT molecular complexity index is 309. The molecule has 0 fully saturated rings. The first-order chi connectivity index (χ1) is 7.22. The summed E-state index contributed by atoms with van der Waals surface area (Å²) in [5, 5.41) is 0. The molecule has 0 heterocycles. The van der Waals surface area contributed by atoms with Crippen molar-refractivity contribution >= 4 is 5.91 Å². The van der Waals surface area contributed by atoms with E-state index in [2.05, 4.69) is 10.9 Å². The predicted molar refractivity (Wildman–Crippen MR) is 58.5 cm³/mol. The summed E-state index contributed by atoms with van der Waals surface area (Å²) in [6.45, 7) is 2.40. The molecule has 2 N–H and O–H groups in total. The van der Waals surface area contributed by atoms with Gasteiger partial charge in [-0.25, -0.2) is 5.43 Å². The zero-order chi connectivity index (χ0) is 11.1. The molecule has 0 unspecified atom stereocenters. The monoisotopic (exact) mass is 208 g/mol. The Labute approximate surface area is 89.6 Å². The molecule has 4 nitrogen and oxygen atoms in total. The summed E-state index contributed by atoms with van der Waals surface area (Å²) in [5.74, 6) is 0.711. The first-order valence-corrected chi connectivity index (χ1v) is 4.87. The lowest BCUT2D eigenvalue weighted by Crippen LogP contribution is -2.34. The summed E-state index contributed by atoms with van der Waals surface area (Å²) in [4.78, 5) is 11.0. The third kappa shape index (κ3) is 4.46. The van der Waals surface area contributed by atoms with Crippen LogP contribution in [0.25, 0.3) is 0 Å². The maximum Gasteiger partial charge on any atom is 0.237 e. The van der Waals surface area contributed by atoms with Crippen LogP contribution >= 0.6 is 0 Å². The molecule has 0 aromatic heterocycles. The molecular weight excluding hydrogens is 192 g/mol. The molecule has 1 amide bonds. The largest absolute Gasteiger partial charge is 0.493 e. The molecule has 0 spiro atoms. The van der Waals surface area contributed by atoms with Gasteiger partial charge in [-0.3, -0.25) is 10.2 Å². The maximum atomic E-state index is 11.0. The second-order valence-electron chi connectivity index (χ2n) is 3.21. The van der Waals surface area contributed by atoms with Crippen molar-refractivity contribution in [1.82, 2.24) is 10.9 Å².